The van der Waals surface area contributed by atoms with Gasteiger partial charge in [-0.05, 0) is 60.7 Å². The van der Waals surface area contributed by atoms with Gasteiger partial charge in [0.2, 0.25) is 5.95 Å². The number of nitrogens with zero attached hydrogens (tertiary/aromatic N) is 2. The number of hydrogen-bond donors (Lipinski definition) is 3. The van der Waals surface area contributed by atoms with Crippen LogP contribution in [0.4, 0.5) is 11.6 Å². The average molecular weight is 420 g/mol. The number of aromatic nitrogens is 3. The second kappa shape index (κ2) is 7.68. The highest BCUT2D eigenvalue weighted by atomic mass is 35.5. The standard InChI is InChI=1S/C22H18ClN5O2/c23-28-21(29)20-12-17(8-9-24-20)30-16-6-7-18-19(11-16)27-22(26-18)25-15-5-4-13-2-1-3-14(13)10-15/h4-12H,1-3H2,(H,28,29)(H2,25,26,27). The van der Waals surface area contributed by atoms with Crippen molar-refractivity contribution < 1.29 is 9.53 Å². The molecule has 4 aromatic rings. The quantitative estimate of drug-likeness (QED) is 0.401. The number of benzene rings is 2. The molecule has 1 amide bonds. The van der Waals surface area contributed by atoms with Crippen LogP contribution in [-0.2, 0) is 12.8 Å². The number of carbonyl (C=O) groups is 1. The van der Waals surface area contributed by atoms with Crippen LogP contribution in [0.15, 0.2) is 54.7 Å². The van der Waals surface area contributed by atoms with E-state index in [0.717, 1.165) is 23.1 Å². The molecule has 2 aromatic carbocycles. The maximum absolute atomic E-state index is 11.6. The summed E-state index contributed by atoms with van der Waals surface area (Å²) >= 11 is 5.35. The Morgan fingerprint density at radius 2 is 1.90 bits per heavy atom. The number of hydrogen-bond acceptors (Lipinski definition) is 5. The van der Waals surface area contributed by atoms with Gasteiger partial charge in [-0.15, -0.1) is 0 Å². The molecular formula is C22H18ClN5O2. The van der Waals surface area contributed by atoms with Gasteiger partial charge in [-0.3, -0.25) is 14.6 Å². The lowest BCUT2D eigenvalue weighted by molar-refractivity contribution is 0.0976. The average Bonchev–Trinajstić information content (AvgIpc) is 3.39. The fourth-order valence-electron chi connectivity index (χ4n) is 3.68. The SMILES string of the molecule is O=C(NCl)c1cc(Oc2ccc3nc(Nc4ccc5c(c4)CCC5)[nH]c3c2)ccn1. The smallest absolute Gasteiger partial charge is 0.284 e. The molecule has 2 aromatic heterocycles. The van der Waals surface area contributed by atoms with Crippen molar-refractivity contribution in [3.63, 3.8) is 0 Å². The molecule has 0 radical (unpaired) electrons. The minimum atomic E-state index is -0.492. The van der Waals surface area contributed by atoms with E-state index in [1.165, 1.54) is 36.2 Å². The summed E-state index contributed by atoms with van der Waals surface area (Å²) in [6.07, 6.45) is 5.01. The summed E-state index contributed by atoms with van der Waals surface area (Å²) in [4.78, 5) is 25.5. The molecule has 3 N–H and O–H groups in total. The van der Waals surface area contributed by atoms with E-state index < -0.39 is 5.91 Å². The van der Waals surface area contributed by atoms with E-state index in [2.05, 4.69) is 38.5 Å². The van der Waals surface area contributed by atoms with Crippen molar-refractivity contribution in [1.29, 1.82) is 0 Å². The number of carbonyl (C=O) groups excluding carboxylic acids is 1. The lowest BCUT2D eigenvalue weighted by Gasteiger charge is -2.06. The first-order chi connectivity index (χ1) is 14.7. The van der Waals surface area contributed by atoms with Gasteiger partial charge >= 0.3 is 0 Å². The van der Waals surface area contributed by atoms with Crippen LogP contribution in [-0.4, -0.2) is 20.9 Å². The molecular weight excluding hydrogens is 402 g/mol. The molecule has 5 rings (SSSR count). The van der Waals surface area contributed by atoms with E-state index in [9.17, 15) is 4.79 Å². The van der Waals surface area contributed by atoms with Gasteiger partial charge in [0.25, 0.3) is 5.91 Å². The zero-order valence-corrected chi connectivity index (χ0v) is 16.7. The van der Waals surface area contributed by atoms with Crippen LogP contribution in [0.1, 0.15) is 28.0 Å². The van der Waals surface area contributed by atoms with Crippen LogP contribution in [0.2, 0.25) is 0 Å². The second-order valence-electron chi connectivity index (χ2n) is 7.13. The van der Waals surface area contributed by atoms with Crippen molar-refractivity contribution in [3.8, 4) is 11.5 Å². The normalized spacial score (nSPS) is 12.6. The first-order valence-electron chi connectivity index (χ1n) is 9.61. The predicted molar refractivity (Wildman–Crippen MR) is 115 cm³/mol. The Balaban J connectivity index is 1.36. The van der Waals surface area contributed by atoms with Gasteiger partial charge in [-0.2, -0.15) is 0 Å². The van der Waals surface area contributed by atoms with E-state index >= 15 is 0 Å². The number of aromatic amines is 1. The van der Waals surface area contributed by atoms with Gasteiger partial charge in [0.05, 0.1) is 11.0 Å². The molecule has 0 unspecified atom stereocenters. The van der Waals surface area contributed by atoms with Crippen molar-refractivity contribution in [3.05, 3.63) is 71.5 Å². The molecule has 0 saturated heterocycles. The van der Waals surface area contributed by atoms with Crippen molar-refractivity contribution in [2.45, 2.75) is 19.3 Å². The lowest BCUT2D eigenvalue weighted by Crippen LogP contribution is -2.13. The van der Waals surface area contributed by atoms with Crippen molar-refractivity contribution in [1.82, 2.24) is 19.8 Å². The molecule has 2 heterocycles. The van der Waals surface area contributed by atoms with Crippen molar-refractivity contribution in [2.24, 2.45) is 0 Å². The minimum absolute atomic E-state index is 0.172. The van der Waals surface area contributed by atoms with Crippen LogP contribution in [0, 0.1) is 0 Å². The number of rotatable bonds is 5. The number of fused-ring (bicyclic) bond motifs is 2. The summed E-state index contributed by atoms with van der Waals surface area (Å²) in [5.74, 6) is 1.27. The number of H-pyrrole nitrogens is 1. The molecule has 0 aliphatic heterocycles. The molecule has 30 heavy (non-hydrogen) atoms. The number of ether oxygens (including phenoxy) is 1. The lowest BCUT2D eigenvalue weighted by atomic mass is 10.1. The monoisotopic (exact) mass is 419 g/mol. The zero-order valence-electron chi connectivity index (χ0n) is 15.9. The van der Waals surface area contributed by atoms with Gasteiger partial charge in [0, 0.05) is 35.8 Å². The molecule has 0 saturated carbocycles. The summed E-state index contributed by atoms with van der Waals surface area (Å²) in [6, 6.07) is 15.2. The van der Waals surface area contributed by atoms with Crippen molar-refractivity contribution in [2.75, 3.05) is 5.32 Å². The number of imidazole rings is 1. The van der Waals surface area contributed by atoms with Gasteiger partial charge in [-0.25, -0.2) is 4.98 Å². The van der Waals surface area contributed by atoms with Gasteiger partial charge in [-0.1, -0.05) is 6.07 Å². The van der Waals surface area contributed by atoms with E-state index in [-0.39, 0.29) is 5.69 Å². The maximum atomic E-state index is 11.6. The van der Waals surface area contributed by atoms with E-state index in [1.54, 1.807) is 6.07 Å². The summed E-state index contributed by atoms with van der Waals surface area (Å²) in [7, 11) is 0. The Kier molecular flexibility index (Phi) is 4.72. The fourth-order valence-corrected chi connectivity index (χ4v) is 3.78. The molecule has 0 spiro atoms. The molecule has 0 atom stereocenters. The molecule has 0 fully saturated rings. The third-order valence-corrected chi connectivity index (χ3v) is 5.27. The fraction of sp³-hybridized carbons (Fsp3) is 0.136. The first kappa shape index (κ1) is 18.4. The maximum Gasteiger partial charge on any atom is 0.284 e. The number of amides is 1. The van der Waals surface area contributed by atoms with Crippen molar-refractivity contribution >= 4 is 40.4 Å². The van der Waals surface area contributed by atoms with Gasteiger partial charge < -0.3 is 15.0 Å². The summed E-state index contributed by atoms with van der Waals surface area (Å²) < 4.78 is 5.87. The molecule has 1 aliphatic rings. The Morgan fingerprint density at radius 1 is 1.03 bits per heavy atom. The van der Waals surface area contributed by atoms with Gasteiger partial charge in [0.1, 0.15) is 17.2 Å². The Morgan fingerprint density at radius 3 is 2.80 bits per heavy atom. The van der Waals surface area contributed by atoms with Crippen LogP contribution in [0.3, 0.4) is 0 Å². The van der Waals surface area contributed by atoms with Crippen LogP contribution < -0.4 is 14.9 Å². The molecule has 1 aliphatic carbocycles. The largest absolute Gasteiger partial charge is 0.457 e. The predicted octanol–water partition coefficient (Wildman–Crippen LogP) is 4.87. The number of pyridine rings is 1. The molecule has 7 nitrogen and oxygen atoms in total. The highest BCUT2D eigenvalue weighted by Gasteiger charge is 2.12. The number of aryl methyl sites for hydroxylation is 2. The Labute approximate surface area is 177 Å². The number of nitrogens with one attached hydrogen (secondary N) is 3. The molecule has 8 heteroatoms. The summed E-state index contributed by atoms with van der Waals surface area (Å²) in [6.45, 7) is 0. The molecule has 0 bridgehead atoms. The third-order valence-electron chi connectivity index (χ3n) is 5.10. The Hall–Kier alpha value is -3.58. The van der Waals surface area contributed by atoms with Crippen LogP contribution in [0.25, 0.3) is 11.0 Å². The summed E-state index contributed by atoms with van der Waals surface area (Å²) in [5, 5.41) is 3.35. The second-order valence-corrected chi connectivity index (χ2v) is 7.32. The van der Waals surface area contributed by atoms with Crippen LogP contribution in [0.5, 0.6) is 11.5 Å². The Bertz CT molecular complexity index is 1250. The van der Waals surface area contributed by atoms with E-state index in [0.29, 0.717) is 17.4 Å². The zero-order chi connectivity index (χ0) is 20.5. The number of anilines is 2. The van der Waals surface area contributed by atoms with E-state index in [1.807, 2.05) is 23.0 Å². The third kappa shape index (κ3) is 3.67. The van der Waals surface area contributed by atoms with E-state index in [4.69, 9.17) is 16.5 Å². The minimum Gasteiger partial charge on any atom is -0.457 e. The molecule has 150 valence electrons. The van der Waals surface area contributed by atoms with Gasteiger partial charge in [0.15, 0.2) is 0 Å². The van der Waals surface area contributed by atoms with Crippen LogP contribution >= 0.6 is 11.8 Å². The topological polar surface area (TPSA) is 91.9 Å². The highest BCUT2D eigenvalue weighted by molar-refractivity contribution is 6.23. The number of halogens is 1. The first-order valence-corrected chi connectivity index (χ1v) is 9.99. The highest BCUT2D eigenvalue weighted by Crippen LogP contribution is 2.28. The summed E-state index contributed by atoms with van der Waals surface area (Å²) in [5.41, 5.74) is 5.70.